The Bertz CT molecular complexity index is 3230. The minimum absolute atomic E-state index is 0.866. The average Bonchev–Trinajstić information content (AvgIpc) is 3.63. The van der Waals surface area contributed by atoms with Crippen LogP contribution < -0.4 is 4.90 Å². The Labute approximate surface area is 312 Å². The van der Waals surface area contributed by atoms with Crippen LogP contribution in [0.25, 0.3) is 87.3 Å². The number of para-hydroxylation sites is 2. The van der Waals surface area contributed by atoms with Crippen molar-refractivity contribution in [1.29, 1.82) is 0 Å². The topological polar surface area (TPSA) is 16.4 Å². The summed E-state index contributed by atoms with van der Waals surface area (Å²) in [5.41, 5.74) is 9.64. The molecule has 0 unspecified atom stereocenters. The second kappa shape index (κ2) is 12.2. The first kappa shape index (κ1) is 30.5. The zero-order valence-electron chi connectivity index (χ0n) is 29.4. The van der Waals surface area contributed by atoms with Crippen molar-refractivity contribution in [3.63, 3.8) is 0 Å². The van der Waals surface area contributed by atoms with E-state index in [2.05, 4.69) is 199 Å². The zero-order valence-corrected chi connectivity index (χ0v) is 29.4. The van der Waals surface area contributed by atoms with E-state index < -0.39 is 0 Å². The molecule has 2 heteroatoms. The van der Waals surface area contributed by atoms with Crippen LogP contribution in [0.4, 0.5) is 17.1 Å². The van der Waals surface area contributed by atoms with Crippen molar-refractivity contribution >= 4 is 82.1 Å². The first-order chi connectivity index (χ1) is 26.8. The van der Waals surface area contributed by atoms with E-state index in [9.17, 15) is 0 Å². The lowest BCUT2D eigenvalue weighted by Gasteiger charge is -2.26. The lowest BCUT2D eigenvalue weighted by molar-refractivity contribution is 0.669. The van der Waals surface area contributed by atoms with E-state index in [1.54, 1.807) is 0 Å². The predicted molar refractivity (Wildman–Crippen MR) is 229 cm³/mol. The smallest absolute Gasteiger partial charge is 0.159 e. The van der Waals surface area contributed by atoms with Crippen molar-refractivity contribution in [3.05, 3.63) is 200 Å². The molecule has 252 valence electrons. The molecule has 11 aromatic rings. The van der Waals surface area contributed by atoms with Crippen LogP contribution in [0.3, 0.4) is 0 Å². The average molecular weight is 688 g/mol. The van der Waals surface area contributed by atoms with Gasteiger partial charge in [-0.3, -0.25) is 0 Å². The van der Waals surface area contributed by atoms with Crippen molar-refractivity contribution < 1.29 is 4.42 Å². The molecule has 0 bridgehead atoms. The third-order valence-corrected chi connectivity index (χ3v) is 11.0. The van der Waals surface area contributed by atoms with Gasteiger partial charge in [0, 0.05) is 22.1 Å². The van der Waals surface area contributed by atoms with Crippen molar-refractivity contribution in [2.75, 3.05) is 4.90 Å². The summed E-state index contributed by atoms with van der Waals surface area (Å²) in [5, 5.41) is 12.3. The highest BCUT2D eigenvalue weighted by Gasteiger charge is 2.21. The van der Waals surface area contributed by atoms with E-state index in [4.69, 9.17) is 4.42 Å². The van der Waals surface area contributed by atoms with E-state index in [1.165, 1.54) is 59.8 Å². The number of benzene rings is 10. The minimum atomic E-state index is 0.866. The third kappa shape index (κ3) is 4.81. The van der Waals surface area contributed by atoms with Crippen LogP contribution in [0.2, 0.25) is 0 Å². The molecule has 0 fully saturated rings. The monoisotopic (exact) mass is 687 g/mol. The summed E-state index contributed by atoms with van der Waals surface area (Å²) in [4.78, 5) is 2.35. The van der Waals surface area contributed by atoms with Crippen molar-refractivity contribution in [1.82, 2.24) is 0 Å². The fourth-order valence-corrected chi connectivity index (χ4v) is 8.52. The molecule has 10 aromatic carbocycles. The second-order valence-corrected chi connectivity index (χ2v) is 14.1. The van der Waals surface area contributed by atoms with Gasteiger partial charge < -0.3 is 9.32 Å². The maximum Gasteiger partial charge on any atom is 0.159 e. The van der Waals surface area contributed by atoms with Crippen molar-refractivity contribution in [2.45, 2.75) is 0 Å². The van der Waals surface area contributed by atoms with Gasteiger partial charge in [0.15, 0.2) is 5.58 Å². The molecule has 0 amide bonds. The molecule has 0 saturated heterocycles. The first-order valence-corrected chi connectivity index (χ1v) is 18.5. The van der Waals surface area contributed by atoms with Gasteiger partial charge in [0.25, 0.3) is 0 Å². The highest BCUT2D eigenvalue weighted by molar-refractivity contribution is 6.15. The molecule has 11 rings (SSSR count). The third-order valence-electron chi connectivity index (χ3n) is 11.0. The quantitative estimate of drug-likeness (QED) is 0.168. The van der Waals surface area contributed by atoms with E-state index >= 15 is 0 Å². The molecule has 0 aliphatic heterocycles. The van der Waals surface area contributed by atoms with Crippen LogP contribution in [-0.4, -0.2) is 0 Å². The molecule has 0 radical (unpaired) electrons. The van der Waals surface area contributed by atoms with Gasteiger partial charge in [0.2, 0.25) is 0 Å². The van der Waals surface area contributed by atoms with Gasteiger partial charge in [-0.2, -0.15) is 0 Å². The van der Waals surface area contributed by atoms with E-state index in [-0.39, 0.29) is 0 Å². The number of furan rings is 1. The summed E-state index contributed by atoms with van der Waals surface area (Å²) in [7, 11) is 0. The molecule has 1 heterocycles. The Kier molecular flexibility index (Phi) is 6.90. The summed E-state index contributed by atoms with van der Waals surface area (Å²) in [6.45, 7) is 0. The molecule has 2 nitrogen and oxygen atoms in total. The van der Waals surface area contributed by atoms with Gasteiger partial charge in [-0.15, -0.1) is 0 Å². The fourth-order valence-electron chi connectivity index (χ4n) is 8.52. The molecular formula is C52H33NO. The van der Waals surface area contributed by atoms with Crippen LogP contribution in [0.5, 0.6) is 0 Å². The number of hydrogen-bond donors (Lipinski definition) is 0. The molecule has 0 atom stereocenters. The molecule has 0 aliphatic carbocycles. The second-order valence-electron chi connectivity index (χ2n) is 14.1. The van der Waals surface area contributed by atoms with Crippen molar-refractivity contribution in [3.8, 4) is 22.3 Å². The van der Waals surface area contributed by atoms with Gasteiger partial charge >= 0.3 is 0 Å². The Morgan fingerprint density at radius 3 is 1.50 bits per heavy atom. The van der Waals surface area contributed by atoms with Crippen LogP contribution in [0.1, 0.15) is 0 Å². The SMILES string of the molecule is c1cc(-c2cc3ccccc3c3ccccc23)cc(N(c2ccc(-c3cc4ccccc4c4ccccc34)cc2)c2cccc3c2oc2ccccc23)c1. The number of fused-ring (bicyclic) bond motifs is 9. The molecule has 0 N–H and O–H groups in total. The van der Waals surface area contributed by atoms with Crippen LogP contribution in [-0.2, 0) is 0 Å². The minimum Gasteiger partial charge on any atom is -0.454 e. The lowest BCUT2D eigenvalue weighted by atomic mass is 9.93. The lowest BCUT2D eigenvalue weighted by Crippen LogP contribution is -2.10. The highest BCUT2D eigenvalue weighted by atomic mass is 16.3. The molecule has 0 saturated carbocycles. The Hall–Kier alpha value is -7.16. The maximum absolute atomic E-state index is 6.67. The molecule has 0 aliphatic rings. The summed E-state index contributed by atoms with van der Waals surface area (Å²) in [6.07, 6.45) is 0. The standard InChI is InChI=1S/C52H33NO/c1-3-17-40-36(13-1)32-48(44-21-7-5-19-42(40)44)34-27-29-38(30-28-34)53(50-25-12-24-47-46-23-9-10-26-51(46)54-52(47)50)39-16-11-15-35(31-39)49-33-37-14-2-4-18-41(37)43-20-6-8-22-45(43)49/h1-33H. The van der Waals surface area contributed by atoms with E-state index in [0.29, 0.717) is 0 Å². The van der Waals surface area contributed by atoms with E-state index in [0.717, 1.165) is 44.6 Å². The predicted octanol–water partition coefficient (Wildman–Crippen LogP) is 15.0. The van der Waals surface area contributed by atoms with Crippen LogP contribution in [0.15, 0.2) is 205 Å². The van der Waals surface area contributed by atoms with Crippen molar-refractivity contribution in [2.24, 2.45) is 0 Å². The van der Waals surface area contributed by atoms with Crippen LogP contribution in [0, 0.1) is 0 Å². The Morgan fingerprint density at radius 2 is 0.833 bits per heavy atom. The number of rotatable bonds is 5. The van der Waals surface area contributed by atoms with Gasteiger partial charge in [0.1, 0.15) is 5.58 Å². The van der Waals surface area contributed by atoms with Gasteiger partial charge in [-0.1, -0.05) is 152 Å². The zero-order chi connectivity index (χ0) is 35.6. The molecule has 1 aromatic heterocycles. The summed E-state index contributed by atoms with van der Waals surface area (Å²) >= 11 is 0. The molecule has 0 spiro atoms. The molecular weight excluding hydrogens is 655 g/mol. The number of nitrogens with zero attached hydrogens (tertiary/aromatic N) is 1. The van der Waals surface area contributed by atoms with Crippen LogP contribution >= 0.6 is 0 Å². The normalized spacial score (nSPS) is 11.7. The Morgan fingerprint density at radius 1 is 0.315 bits per heavy atom. The Balaban J connectivity index is 1.12. The molecule has 54 heavy (non-hydrogen) atoms. The van der Waals surface area contributed by atoms with Gasteiger partial charge in [-0.05, 0) is 114 Å². The highest BCUT2D eigenvalue weighted by Crippen LogP contribution is 2.45. The summed E-state index contributed by atoms with van der Waals surface area (Å²) < 4.78 is 6.67. The number of hydrogen-bond acceptors (Lipinski definition) is 2. The largest absolute Gasteiger partial charge is 0.454 e. The maximum atomic E-state index is 6.67. The number of anilines is 3. The van der Waals surface area contributed by atoms with Gasteiger partial charge in [0.05, 0.1) is 5.69 Å². The van der Waals surface area contributed by atoms with Gasteiger partial charge in [-0.25, -0.2) is 0 Å². The fraction of sp³-hybridized carbons (Fsp3) is 0. The summed E-state index contributed by atoms with van der Waals surface area (Å²) in [5.74, 6) is 0. The van der Waals surface area contributed by atoms with E-state index in [1.807, 2.05) is 6.07 Å². The first-order valence-electron chi connectivity index (χ1n) is 18.5. The summed E-state index contributed by atoms with van der Waals surface area (Å²) in [6, 6.07) is 72.3.